The van der Waals surface area contributed by atoms with Crippen molar-refractivity contribution in [2.75, 3.05) is 13.4 Å². The Morgan fingerprint density at radius 1 is 1.50 bits per heavy atom. The molecule has 2 atom stereocenters. The number of hydrogen-bond donors (Lipinski definition) is 1. The van der Waals surface area contributed by atoms with Crippen LogP contribution in [-0.4, -0.2) is 25.5 Å². The molecule has 0 saturated carbocycles. The van der Waals surface area contributed by atoms with Gasteiger partial charge in [0.2, 0.25) is 13.0 Å². The largest absolute Gasteiger partial charge is 0.464 e. The molecule has 2 N–H and O–H groups in total. The van der Waals surface area contributed by atoms with Crippen molar-refractivity contribution in [2.45, 2.75) is 19.1 Å². The Bertz CT molecular complexity index is 503. The molecular formula is C12H14BrClFNO4. The molecule has 1 aliphatic heterocycles. The number of rotatable bonds is 4. The highest BCUT2D eigenvalue weighted by Crippen LogP contribution is 2.39. The molecule has 0 radical (unpaired) electrons. The average molecular weight is 371 g/mol. The molecule has 1 aliphatic rings. The molecule has 20 heavy (non-hydrogen) atoms. The molecule has 0 aromatic heterocycles. The molecule has 0 aliphatic carbocycles. The highest BCUT2D eigenvalue weighted by molar-refractivity contribution is 9.10. The van der Waals surface area contributed by atoms with Crippen molar-refractivity contribution in [3.8, 4) is 11.5 Å². The monoisotopic (exact) mass is 369 g/mol. The van der Waals surface area contributed by atoms with Crippen molar-refractivity contribution in [1.82, 2.24) is 0 Å². The lowest BCUT2D eigenvalue weighted by Gasteiger charge is -2.17. The molecule has 0 amide bonds. The Hall–Kier alpha value is -1.05. The van der Waals surface area contributed by atoms with Gasteiger partial charge in [-0.05, 0) is 24.6 Å². The van der Waals surface area contributed by atoms with E-state index in [-0.39, 0.29) is 25.8 Å². The van der Waals surface area contributed by atoms with Gasteiger partial charge in [0.05, 0.1) is 12.6 Å². The van der Waals surface area contributed by atoms with Gasteiger partial charge in [0.1, 0.15) is 0 Å². The smallest absolute Gasteiger partial charge is 0.342 e. The van der Waals surface area contributed by atoms with E-state index >= 15 is 0 Å². The third kappa shape index (κ3) is 3.34. The molecule has 1 unspecified atom stereocenters. The van der Waals surface area contributed by atoms with E-state index in [0.717, 1.165) is 0 Å². The third-order valence-corrected chi connectivity index (χ3v) is 3.36. The summed E-state index contributed by atoms with van der Waals surface area (Å²) in [5.41, 5.74) is 6.18. The maximum atomic E-state index is 13.9. The average Bonchev–Trinajstić information content (AvgIpc) is 2.83. The van der Waals surface area contributed by atoms with Gasteiger partial charge in [-0.1, -0.05) is 15.9 Å². The van der Waals surface area contributed by atoms with Crippen LogP contribution in [0.1, 0.15) is 18.5 Å². The van der Waals surface area contributed by atoms with Gasteiger partial charge in [0.25, 0.3) is 0 Å². The lowest BCUT2D eigenvalue weighted by molar-refractivity contribution is -0.149. The van der Waals surface area contributed by atoms with Crippen LogP contribution in [0.4, 0.5) is 4.39 Å². The number of hydrogen-bond acceptors (Lipinski definition) is 5. The fourth-order valence-electron chi connectivity index (χ4n) is 1.71. The van der Waals surface area contributed by atoms with Crippen molar-refractivity contribution in [3.05, 3.63) is 22.2 Å². The third-order valence-electron chi connectivity index (χ3n) is 2.68. The topological polar surface area (TPSA) is 70.8 Å². The zero-order valence-corrected chi connectivity index (χ0v) is 13.0. The van der Waals surface area contributed by atoms with Crippen molar-refractivity contribution < 1.29 is 23.4 Å². The van der Waals surface area contributed by atoms with Crippen LogP contribution in [0.15, 0.2) is 16.6 Å². The fourth-order valence-corrected chi connectivity index (χ4v) is 2.30. The fraction of sp³-hybridized carbons (Fsp3) is 0.417. The first-order valence-corrected chi connectivity index (χ1v) is 6.49. The number of nitrogens with two attached hydrogens (primary N) is 1. The lowest BCUT2D eigenvalue weighted by Crippen LogP contribution is -2.31. The predicted molar refractivity (Wildman–Crippen MR) is 76.0 cm³/mol. The number of ether oxygens (including phenoxy) is 3. The number of alkyl halides is 1. The van der Waals surface area contributed by atoms with E-state index in [1.54, 1.807) is 19.1 Å². The Balaban J connectivity index is 0.00000200. The van der Waals surface area contributed by atoms with Crippen molar-refractivity contribution in [2.24, 2.45) is 5.73 Å². The van der Waals surface area contributed by atoms with E-state index in [9.17, 15) is 9.18 Å². The van der Waals surface area contributed by atoms with Gasteiger partial charge < -0.3 is 19.9 Å². The number of halogens is 3. The van der Waals surface area contributed by atoms with E-state index in [1.165, 1.54) is 0 Å². The summed E-state index contributed by atoms with van der Waals surface area (Å²) in [6, 6.07) is 2.06. The summed E-state index contributed by atoms with van der Waals surface area (Å²) in [5.74, 6) is 0.0543. The molecule has 0 saturated heterocycles. The SMILES string of the molecule is CCOC(=O)C(F)[C@H](N)c1cc2c(cc1Br)OCO2.Cl. The minimum Gasteiger partial charge on any atom is -0.464 e. The van der Waals surface area contributed by atoms with Crippen LogP contribution in [0.5, 0.6) is 11.5 Å². The van der Waals surface area contributed by atoms with Crippen LogP contribution in [0.3, 0.4) is 0 Å². The predicted octanol–water partition coefficient (Wildman–Crippen LogP) is 2.50. The number of esters is 1. The quantitative estimate of drug-likeness (QED) is 0.825. The first kappa shape index (κ1) is 17.0. The maximum absolute atomic E-state index is 13.9. The van der Waals surface area contributed by atoms with Crippen LogP contribution in [0, 0.1) is 0 Å². The van der Waals surface area contributed by atoms with E-state index in [0.29, 0.717) is 21.5 Å². The van der Waals surface area contributed by atoms with Gasteiger partial charge in [-0.15, -0.1) is 12.4 Å². The highest BCUT2D eigenvalue weighted by Gasteiger charge is 2.30. The zero-order chi connectivity index (χ0) is 14.0. The standard InChI is InChI=1S/C12H13BrFNO4.ClH/c1-2-17-12(16)10(14)11(15)6-3-8-9(4-7(6)13)19-5-18-8;/h3-4,10-11H,2,5,15H2,1H3;1H/t10?,11-;/m1./s1. The van der Waals surface area contributed by atoms with E-state index in [1.807, 2.05) is 0 Å². The molecule has 5 nitrogen and oxygen atoms in total. The van der Waals surface area contributed by atoms with Gasteiger partial charge in [0, 0.05) is 4.47 Å². The minimum absolute atomic E-state index is 0. The summed E-state index contributed by atoms with van der Waals surface area (Å²) in [4.78, 5) is 11.4. The molecule has 0 bridgehead atoms. The summed E-state index contributed by atoms with van der Waals surface area (Å²) in [6.07, 6.45) is -1.93. The van der Waals surface area contributed by atoms with Gasteiger partial charge in [0.15, 0.2) is 11.5 Å². The molecule has 8 heteroatoms. The van der Waals surface area contributed by atoms with Gasteiger partial charge in [-0.25, -0.2) is 9.18 Å². The van der Waals surface area contributed by atoms with Crippen LogP contribution >= 0.6 is 28.3 Å². The molecule has 2 rings (SSSR count). The van der Waals surface area contributed by atoms with Crippen LogP contribution in [0.25, 0.3) is 0 Å². The number of fused-ring (bicyclic) bond motifs is 1. The first-order valence-electron chi connectivity index (χ1n) is 5.70. The van der Waals surface area contributed by atoms with Crippen LogP contribution in [0.2, 0.25) is 0 Å². The Morgan fingerprint density at radius 3 is 2.70 bits per heavy atom. The summed E-state index contributed by atoms with van der Waals surface area (Å²) < 4.78 is 29.4. The van der Waals surface area contributed by atoms with E-state index < -0.39 is 18.2 Å². The summed E-state index contributed by atoms with van der Waals surface area (Å²) >= 11 is 3.27. The molecule has 0 fully saturated rings. The molecular weight excluding hydrogens is 356 g/mol. The second-order valence-corrected chi connectivity index (χ2v) is 4.76. The van der Waals surface area contributed by atoms with Gasteiger partial charge in [-0.2, -0.15) is 0 Å². The van der Waals surface area contributed by atoms with E-state index in [2.05, 4.69) is 20.7 Å². The first-order chi connectivity index (χ1) is 9.04. The van der Waals surface area contributed by atoms with Crippen LogP contribution in [-0.2, 0) is 9.53 Å². The Kier molecular flexibility index (Phi) is 6.04. The Labute approximate surface area is 130 Å². The minimum atomic E-state index is -1.93. The second kappa shape index (κ2) is 7.10. The lowest BCUT2D eigenvalue weighted by atomic mass is 10.0. The van der Waals surface area contributed by atoms with Gasteiger partial charge in [-0.3, -0.25) is 0 Å². The Morgan fingerprint density at radius 2 is 2.10 bits per heavy atom. The summed E-state index contributed by atoms with van der Waals surface area (Å²) in [7, 11) is 0. The molecule has 0 spiro atoms. The summed E-state index contributed by atoms with van der Waals surface area (Å²) in [6.45, 7) is 1.82. The van der Waals surface area contributed by atoms with E-state index in [4.69, 9.17) is 15.2 Å². The van der Waals surface area contributed by atoms with Crippen molar-refractivity contribution in [1.29, 1.82) is 0 Å². The number of carbonyl (C=O) groups excluding carboxylic acids is 1. The molecule has 1 aromatic rings. The summed E-state index contributed by atoms with van der Waals surface area (Å²) in [5, 5.41) is 0. The number of carbonyl (C=O) groups is 1. The maximum Gasteiger partial charge on any atom is 0.342 e. The molecule has 112 valence electrons. The van der Waals surface area contributed by atoms with Crippen molar-refractivity contribution >= 4 is 34.3 Å². The second-order valence-electron chi connectivity index (χ2n) is 3.91. The number of benzene rings is 1. The highest BCUT2D eigenvalue weighted by atomic mass is 79.9. The molecule has 1 heterocycles. The van der Waals surface area contributed by atoms with Crippen LogP contribution < -0.4 is 15.2 Å². The zero-order valence-electron chi connectivity index (χ0n) is 10.6. The van der Waals surface area contributed by atoms with Gasteiger partial charge >= 0.3 is 5.97 Å². The molecule has 1 aromatic carbocycles. The normalized spacial score (nSPS) is 15.2. The van der Waals surface area contributed by atoms with Crippen molar-refractivity contribution in [3.63, 3.8) is 0 Å².